The van der Waals surface area contributed by atoms with E-state index in [9.17, 15) is 0 Å². The zero-order valence-electron chi connectivity index (χ0n) is 29.4. The predicted molar refractivity (Wildman–Crippen MR) is 228 cm³/mol. The molecule has 2 heteroatoms. The van der Waals surface area contributed by atoms with Crippen LogP contribution in [0.2, 0.25) is 0 Å². The van der Waals surface area contributed by atoms with E-state index in [2.05, 4.69) is 203 Å². The summed E-state index contributed by atoms with van der Waals surface area (Å²) >= 11 is 0. The van der Waals surface area contributed by atoms with Gasteiger partial charge in [0.05, 0.1) is 22.1 Å². The van der Waals surface area contributed by atoms with Gasteiger partial charge in [0.15, 0.2) is 0 Å². The van der Waals surface area contributed by atoms with E-state index < -0.39 is 0 Å². The van der Waals surface area contributed by atoms with Crippen molar-refractivity contribution in [2.75, 3.05) is 0 Å². The van der Waals surface area contributed by atoms with Gasteiger partial charge in [0.2, 0.25) is 0 Å². The molecule has 0 amide bonds. The first-order valence-corrected chi connectivity index (χ1v) is 18.7. The second-order valence-electron chi connectivity index (χ2n) is 14.5. The van der Waals surface area contributed by atoms with Gasteiger partial charge in [-0.25, -0.2) is 0 Å². The van der Waals surface area contributed by atoms with Gasteiger partial charge in [-0.05, 0) is 110 Å². The molecular weight excluding hydrogens is 653 g/mol. The van der Waals surface area contributed by atoms with Gasteiger partial charge in [-0.15, -0.1) is 0 Å². The molecule has 1 aliphatic carbocycles. The number of aromatic nitrogens is 2. The third kappa shape index (κ3) is 4.11. The van der Waals surface area contributed by atoms with Crippen molar-refractivity contribution in [3.05, 3.63) is 194 Å². The van der Waals surface area contributed by atoms with Crippen molar-refractivity contribution in [2.45, 2.75) is 0 Å². The molecule has 9 aromatic carbocycles. The fourth-order valence-electron chi connectivity index (χ4n) is 9.29. The summed E-state index contributed by atoms with van der Waals surface area (Å²) in [6, 6.07) is 71.3. The molecule has 11 aromatic rings. The van der Waals surface area contributed by atoms with E-state index in [0.717, 1.165) is 11.4 Å². The van der Waals surface area contributed by atoms with E-state index in [4.69, 9.17) is 0 Å². The average molecular weight is 685 g/mol. The quantitative estimate of drug-likeness (QED) is 0.175. The Bertz CT molecular complexity index is 3190. The van der Waals surface area contributed by atoms with E-state index in [1.807, 2.05) is 0 Å². The first-order valence-electron chi connectivity index (χ1n) is 18.7. The number of nitrogens with zero attached hydrogens (tertiary/aromatic N) is 2. The van der Waals surface area contributed by atoms with Crippen molar-refractivity contribution in [1.29, 1.82) is 0 Å². The largest absolute Gasteiger partial charge is 0.309 e. The molecule has 0 radical (unpaired) electrons. The molecule has 0 fully saturated rings. The molecule has 2 heterocycles. The van der Waals surface area contributed by atoms with Crippen LogP contribution in [0, 0.1) is 0 Å². The van der Waals surface area contributed by atoms with Gasteiger partial charge in [-0.3, -0.25) is 0 Å². The highest BCUT2D eigenvalue weighted by atomic mass is 15.0. The second-order valence-corrected chi connectivity index (χ2v) is 14.5. The summed E-state index contributed by atoms with van der Waals surface area (Å²) in [7, 11) is 0. The Hall–Kier alpha value is -7.16. The monoisotopic (exact) mass is 684 g/mol. The first-order chi connectivity index (χ1) is 26.8. The summed E-state index contributed by atoms with van der Waals surface area (Å²) < 4.78 is 4.87. The standard InChI is InChI=1S/C52H32N2/c1-3-11-33(12-4-1)36-21-28-47-44(31-36)45-32-37(34-13-5-2-6-14-34)22-29-48(45)53(47)38-23-25-39(26-24-38)54-46-20-8-7-17-42(46)52-49(54)30-27-41-40-18-9-15-35-16-10-19-43(50(35)40)51(41)52/h1-32H. The van der Waals surface area contributed by atoms with Crippen LogP contribution in [0.5, 0.6) is 0 Å². The van der Waals surface area contributed by atoms with Crippen molar-refractivity contribution in [3.63, 3.8) is 0 Å². The number of fused-ring (bicyclic) bond motifs is 10. The summed E-state index contributed by atoms with van der Waals surface area (Å²) in [4.78, 5) is 0. The molecule has 0 bridgehead atoms. The molecule has 250 valence electrons. The summed E-state index contributed by atoms with van der Waals surface area (Å²) in [6.07, 6.45) is 0. The zero-order chi connectivity index (χ0) is 35.3. The molecule has 0 N–H and O–H groups in total. The molecular formula is C52H32N2. The van der Waals surface area contributed by atoms with Crippen LogP contribution in [0.15, 0.2) is 194 Å². The maximum atomic E-state index is 2.45. The van der Waals surface area contributed by atoms with Crippen molar-refractivity contribution >= 4 is 54.4 Å². The van der Waals surface area contributed by atoms with Crippen LogP contribution < -0.4 is 0 Å². The number of hydrogen-bond acceptors (Lipinski definition) is 0. The van der Waals surface area contributed by atoms with Crippen LogP contribution in [-0.4, -0.2) is 9.13 Å². The van der Waals surface area contributed by atoms with Gasteiger partial charge >= 0.3 is 0 Å². The van der Waals surface area contributed by atoms with Gasteiger partial charge in [0.25, 0.3) is 0 Å². The van der Waals surface area contributed by atoms with Crippen LogP contribution in [0.4, 0.5) is 0 Å². The van der Waals surface area contributed by atoms with Crippen LogP contribution in [0.25, 0.3) is 110 Å². The van der Waals surface area contributed by atoms with Crippen molar-refractivity contribution < 1.29 is 0 Å². The smallest absolute Gasteiger partial charge is 0.0547 e. The van der Waals surface area contributed by atoms with Crippen LogP contribution in [0.3, 0.4) is 0 Å². The van der Waals surface area contributed by atoms with Gasteiger partial charge in [0, 0.05) is 38.5 Å². The molecule has 0 aliphatic heterocycles. The highest BCUT2D eigenvalue weighted by Gasteiger charge is 2.26. The minimum absolute atomic E-state index is 1.14. The lowest BCUT2D eigenvalue weighted by Gasteiger charge is -2.12. The third-order valence-electron chi connectivity index (χ3n) is 11.6. The molecule has 0 spiro atoms. The molecule has 0 atom stereocenters. The predicted octanol–water partition coefficient (Wildman–Crippen LogP) is 14.0. The molecule has 12 rings (SSSR count). The number of para-hydroxylation sites is 1. The van der Waals surface area contributed by atoms with Crippen LogP contribution in [0.1, 0.15) is 0 Å². The number of hydrogen-bond donors (Lipinski definition) is 0. The topological polar surface area (TPSA) is 9.86 Å². The minimum atomic E-state index is 1.14. The summed E-state index contributed by atoms with van der Waals surface area (Å²) in [5.74, 6) is 0. The van der Waals surface area contributed by atoms with Gasteiger partial charge in [-0.2, -0.15) is 0 Å². The molecule has 2 aromatic heterocycles. The van der Waals surface area contributed by atoms with E-state index in [1.165, 1.54) is 98.9 Å². The highest BCUT2D eigenvalue weighted by molar-refractivity contribution is 6.26. The van der Waals surface area contributed by atoms with Crippen molar-refractivity contribution in [1.82, 2.24) is 9.13 Å². The van der Waals surface area contributed by atoms with Gasteiger partial charge in [0.1, 0.15) is 0 Å². The lowest BCUT2D eigenvalue weighted by atomic mass is 9.98. The molecule has 2 nitrogen and oxygen atoms in total. The Balaban J connectivity index is 1.05. The minimum Gasteiger partial charge on any atom is -0.309 e. The molecule has 0 unspecified atom stereocenters. The van der Waals surface area contributed by atoms with E-state index in [0.29, 0.717) is 0 Å². The van der Waals surface area contributed by atoms with Crippen LogP contribution in [-0.2, 0) is 0 Å². The Morgan fingerprint density at radius 1 is 0.278 bits per heavy atom. The SMILES string of the molecule is c1ccc(-c2ccc3c(c2)c2cc(-c4ccccc4)ccc2n3-c2ccc(-n3c4ccccc4c4c5c(ccc43)-c3cccc4cccc-5c34)cc2)cc1. The number of rotatable bonds is 4. The lowest BCUT2D eigenvalue weighted by Crippen LogP contribution is -1.97. The molecule has 1 aliphatic rings. The zero-order valence-corrected chi connectivity index (χ0v) is 29.4. The van der Waals surface area contributed by atoms with Gasteiger partial charge in [-0.1, -0.05) is 133 Å². The Kier molecular flexibility index (Phi) is 6.09. The van der Waals surface area contributed by atoms with Gasteiger partial charge < -0.3 is 9.13 Å². The van der Waals surface area contributed by atoms with E-state index in [-0.39, 0.29) is 0 Å². The maximum Gasteiger partial charge on any atom is 0.0547 e. The normalized spacial score (nSPS) is 12.1. The molecule has 0 saturated heterocycles. The Labute approximate surface area is 312 Å². The fourth-order valence-corrected chi connectivity index (χ4v) is 9.29. The van der Waals surface area contributed by atoms with E-state index >= 15 is 0 Å². The average Bonchev–Trinajstić information content (AvgIpc) is 3.88. The molecule has 54 heavy (non-hydrogen) atoms. The van der Waals surface area contributed by atoms with Crippen LogP contribution >= 0.6 is 0 Å². The second kappa shape index (κ2) is 11.2. The fraction of sp³-hybridized carbons (Fsp3) is 0. The summed E-state index contributed by atoms with van der Waals surface area (Å²) in [5, 5.41) is 7.76. The van der Waals surface area contributed by atoms with Crippen molar-refractivity contribution in [2.24, 2.45) is 0 Å². The Morgan fingerprint density at radius 3 is 1.43 bits per heavy atom. The highest BCUT2D eigenvalue weighted by Crippen LogP contribution is 2.52. The Morgan fingerprint density at radius 2 is 0.796 bits per heavy atom. The summed E-state index contributed by atoms with van der Waals surface area (Å²) in [6.45, 7) is 0. The van der Waals surface area contributed by atoms with E-state index in [1.54, 1.807) is 0 Å². The number of benzene rings is 9. The first kappa shape index (κ1) is 29.4. The lowest BCUT2D eigenvalue weighted by molar-refractivity contribution is 1.14. The molecule has 0 saturated carbocycles. The summed E-state index contributed by atoms with van der Waals surface area (Å²) in [5.41, 5.74) is 17.4. The maximum absolute atomic E-state index is 2.45. The van der Waals surface area contributed by atoms with Crippen molar-refractivity contribution in [3.8, 4) is 55.9 Å². The third-order valence-corrected chi connectivity index (χ3v) is 11.6.